The molecule has 0 aliphatic heterocycles. The van der Waals surface area contributed by atoms with Gasteiger partial charge in [-0.1, -0.05) is 24.3 Å². The summed E-state index contributed by atoms with van der Waals surface area (Å²) in [5.41, 5.74) is 1.43. The molecule has 0 spiro atoms. The lowest BCUT2D eigenvalue weighted by Crippen LogP contribution is -2.43. The Kier molecular flexibility index (Phi) is 7.65. The smallest absolute Gasteiger partial charge is 0.467 e. The lowest BCUT2D eigenvalue weighted by molar-refractivity contribution is -0.142. The van der Waals surface area contributed by atoms with E-state index in [9.17, 15) is 18.4 Å². The van der Waals surface area contributed by atoms with Crippen molar-refractivity contribution in [2.24, 2.45) is 0 Å². The highest BCUT2D eigenvalue weighted by Crippen LogP contribution is 2.10. The van der Waals surface area contributed by atoms with E-state index in [1.54, 1.807) is 24.3 Å². The van der Waals surface area contributed by atoms with Crippen molar-refractivity contribution in [2.75, 3.05) is 21.3 Å². The Hall–Kier alpha value is -2.78. The fourth-order valence-corrected chi connectivity index (χ4v) is 2.63. The van der Waals surface area contributed by atoms with Gasteiger partial charge in [-0.15, -0.1) is 0 Å². The molecule has 1 amide bonds. The van der Waals surface area contributed by atoms with Gasteiger partial charge in [-0.25, -0.2) is 13.6 Å². The van der Waals surface area contributed by atoms with Crippen LogP contribution in [-0.2, 0) is 25.3 Å². The minimum Gasteiger partial charge on any atom is -0.467 e. The van der Waals surface area contributed by atoms with Crippen LogP contribution >= 0.6 is 0 Å². The molecule has 0 bridgehead atoms. The number of nitrogens with one attached hydrogen (secondary N) is 1. The largest absolute Gasteiger partial charge is 0.493 e. The van der Waals surface area contributed by atoms with E-state index in [-0.39, 0.29) is 12.0 Å². The van der Waals surface area contributed by atoms with E-state index < -0.39 is 36.7 Å². The quantitative estimate of drug-likeness (QED) is 0.545. The van der Waals surface area contributed by atoms with Gasteiger partial charge in [0.25, 0.3) is 5.91 Å². The molecule has 148 valence electrons. The second kappa shape index (κ2) is 9.96. The number of halogens is 2. The lowest BCUT2D eigenvalue weighted by Gasteiger charge is -2.17. The summed E-state index contributed by atoms with van der Waals surface area (Å²) < 4.78 is 41.5. The number of ether oxygens (including phenoxy) is 1. The fourth-order valence-electron chi connectivity index (χ4n) is 2.63. The Balaban J connectivity index is 2.14. The third kappa shape index (κ3) is 5.37. The maximum atomic E-state index is 13.3. The zero-order chi connectivity index (χ0) is 20.7. The molecule has 0 aromatic heterocycles. The number of methoxy groups -OCH3 is 1. The SMILES string of the molecule is COB(OC)c1ccc(C[C@@H](NC(=O)c2ccc(F)c(F)c2)C(=O)OC)cc1. The molecule has 0 fully saturated rings. The number of rotatable bonds is 8. The molecular formula is C19H20BF2NO5. The van der Waals surface area contributed by atoms with Gasteiger partial charge in [0.2, 0.25) is 0 Å². The van der Waals surface area contributed by atoms with Crippen molar-refractivity contribution in [3.63, 3.8) is 0 Å². The molecule has 1 atom stereocenters. The van der Waals surface area contributed by atoms with Crippen molar-refractivity contribution < 1.29 is 32.4 Å². The van der Waals surface area contributed by atoms with Crippen LogP contribution in [0.3, 0.4) is 0 Å². The van der Waals surface area contributed by atoms with Crippen LogP contribution in [0.1, 0.15) is 15.9 Å². The summed E-state index contributed by atoms with van der Waals surface area (Å²) in [7, 11) is 3.72. The Morgan fingerprint density at radius 3 is 2.18 bits per heavy atom. The predicted molar refractivity (Wildman–Crippen MR) is 99.2 cm³/mol. The van der Waals surface area contributed by atoms with Gasteiger partial charge >= 0.3 is 13.1 Å². The first-order chi connectivity index (χ1) is 13.4. The van der Waals surface area contributed by atoms with E-state index in [2.05, 4.69) is 5.32 Å². The lowest BCUT2D eigenvalue weighted by atomic mass is 9.78. The zero-order valence-corrected chi connectivity index (χ0v) is 15.7. The van der Waals surface area contributed by atoms with E-state index in [4.69, 9.17) is 14.0 Å². The third-order valence-electron chi connectivity index (χ3n) is 4.09. The van der Waals surface area contributed by atoms with E-state index in [1.807, 2.05) is 0 Å². The number of hydrogen-bond donors (Lipinski definition) is 1. The Morgan fingerprint density at radius 2 is 1.64 bits per heavy atom. The van der Waals surface area contributed by atoms with E-state index in [0.29, 0.717) is 0 Å². The number of carbonyl (C=O) groups excluding carboxylic acids is 2. The van der Waals surface area contributed by atoms with Crippen LogP contribution in [0, 0.1) is 11.6 Å². The molecule has 0 saturated carbocycles. The van der Waals surface area contributed by atoms with Gasteiger partial charge in [-0.2, -0.15) is 0 Å². The van der Waals surface area contributed by atoms with E-state index >= 15 is 0 Å². The summed E-state index contributed by atoms with van der Waals surface area (Å²) in [5.74, 6) is -3.59. The molecule has 28 heavy (non-hydrogen) atoms. The normalized spacial score (nSPS) is 11.6. The first-order valence-corrected chi connectivity index (χ1v) is 8.37. The summed E-state index contributed by atoms with van der Waals surface area (Å²) in [4.78, 5) is 24.4. The molecule has 1 N–H and O–H groups in total. The number of esters is 1. The third-order valence-corrected chi connectivity index (χ3v) is 4.09. The molecule has 0 unspecified atom stereocenters. The second-order valence-corrected chi connectivity index (χ2v) is 5.93. The topological polar surface area (TPSA) is 73.9 Å². The maximum absolute atomic E-state index is 13.3. The van der Waals surface area contributed by atoms with Crippen LogP contribution < -0.4 is 10.8 Å². The molecule has 2 aromatic rings. The summed E-state index contributed by atoms with van der Waals surface area (Å²) in [6.07, 6.45) is 0.146. The average Bonchev–Trinajstić information content (AvgIpc) is 2.70. The van der Waals surface area contributed by atoms with Gasteiger partial charge in [0.1, 0.15) is 6.04 Å². The Labute approximate surface area is 161 Å². The molecule has 0 heterocycles. The van der Waals surface area contributed by atoms with Crippen LogP contribution in [0.4, 0.5) is 8.78 Å². The van der Waals surface area contributed by atoms with Crippen LogP contribution in [0.25, 0.3) is 0 Å². The minimum absolute atomic E-state index is 0.105. The van der Waals surface area contributed by atoms with Crippen molar-refractivity contribution in [1.82, 2.24) is 5.32 Å². The first kappa shape index (κ1) is 21.5. The summed E-state index contributed by atoms with van der Waals surface area (Å²) in [6, 6.07) is 8.82. The predicted octanol–water partition coefficient (Wildman–Crippen LogP) is 1.47. The monoisotopic (exact) mass is 391 g/mol. The van der Waals surface area contributed by atoms with Crippen molar-refractivity contribution in [3.8, 4) is 0 Å². The van der Waals surface area contributed by atoms with Gasteiger partial charge in [-0.3, -0.25) is 4.79 Å². The van der Waals surface area contributed by atoms with Crippen molar-refractivity contribution in [1.29, 1.82) is 0 Å². The minimum atomic E-state index is -1.15. The van der Waals surface area contributed by atoms with Crippen LogP contribution in [0.2, 0.25) is 0 Å². The number of amides is 1. The molecule has 2 rings (SSSR count). The zero-order valence-electron chi connectivity index (χ0n) is 15.7. The molecular weight excluding hydrogens is 371 g/mol. The molecule has 0 aliphatic rings. The number of carbonyl (C=O) groups is 2. The summed E-state index contributed by atoms with van der Waals surface area (Å²) in [5, 5.41) is 2.49. The highest BCUT2D eigenvalue weighted by Gasteiger charge is 2.24. The Bertz CT molecular complexity index is 828. The first-order valence-electron chi connectivity index (χ1n) is 8.37. The van der Waals surface area contributed by atoms with Crippen LogP contribution in [-0.4, -0.2) is 46.4 Å². The van der Waals surface area contributed by atoms with Crippen LogP contribution in [0.15, 0.2) is 42.5 Å². The molecule has 2 aromatic carbocycles. The molecule has 0 radical (unpaired) electrons. The molecule has 0 aliphatic carbocycles. The van der Waals surface area contributed by atoms with Crippen molar-refractivity contribution in [2.45, 2.75) is 12.5 Å². The molecule has 0 saturated heterocycles. The van der Waals surface area contributed by atoms with E-state index in [0.717, 1.165) is 29.2 Å². The highest BCUT2D eigenvalue weighted by atomic mass is 19.2. The number of benzene rings is 2. The summed E-state index contributed by atoms with van der Waals surface area (Å²) in [6.45, 7) is 0. The summed E-state index contributed by atoms with van der Waals surface area (Å²) >= 11 is 0. The molecule has 6 nitrogen and oxygen atoms in total. The Morgan fingerprint density at radius 1 is 1.00 bits per heavy atom. The average molecular weight is 391 g/mol. The highest BCUT2D eigenvalue weighted by molar-refractivity contribution is 6.61. The maximum Gasteiger partial charge on any atom is 0.493 e. The van der Waals surface area contributed by atoms with Crippen LogP contribution in [0.5, 0.6) is 0 Å². The van der Waals surface area contributed by atoms with E-state index in [1.165, 1.54) is 21.3 Å². The van der Waals surface area contributed by atoms with Gasteiger partial charge in [0, 0.05) is 26.2 Å². The van der Waals surface area contributed by atoms with Crippen molar-refractivity contribution >= 4 is 24.5 Å². The fraction of sp³-hybridized carbons (Fsp3) is 0.263. The molecule has 9 heteroatoms. The van der Waals surface area contributed by atoms with Gasteiger partial charge in [-0.05, 0) is 29.2 Å². The van der Waals surface area contributed by atoms with Crippen molar-refractivity contribution in [3.05, 3.63) is 65.2 Å². The standard InChI is InChI=1S/C19H20BF2NO5/c1-26-19(25)17(23-18(24)13-6-9-15(21)16(22)11-13)10-12-4-7-14(8-5-12)20(27-2)28-3/h4-9,11,17H,10H2,1-3H3,(H,23,24)/t17-/m1/s1. The van der Waals surface area contributed by atoms with Gasteiger partial charge in [0.15, 0.2) is 11.6 Å². The van der Waals surface area contributed by atoms with Gasteiger partial charge in [0.05, 0.1) is 7.11 Å². The second-order valence-electron chi connectivity index (χ2n) is 5.93. The van der Waals surface area contributed by atoms with Gasteiger partial charge < -0.3 is 19.4 Å². The number of hydrogen-bond acceptors (Lipinski definition) is 5.